The van der Waals surface area contributed by atoms with Crippen molar-refractivity contribution < 1.29 is 4.79 Å². The number of rotatable bonds is 6. The second-order valence-electron chi connectivity index (χ2n) is 5.54. The molecule has 0 unspecified atom stereocenters. The van der Waals surface area contributed by atoms with Crippen LogP contribution in [-0.2, 0) is 0 Å². The molecule has 0 atom stereocenters. The molecule has 5 heteroatoms. The minimum Gasteiger partial charge on any atom is -0.354 e. The Kier molecular flexibility index (Phi) is 5.95. The number of aromatic nitrogens is 1. The lowest BCUT2D eigenvalue weighted by atomic mass is 10.1. The standard InChI is InChI=1S/C17H20BrN3O/c1-12(2)6-7-20-17(22)13-8-16(11-19-10-13)21-15-5-3-4-14(18)9-15/h3-5,8-12,21H,6-7H2,1-2H3,(H,20,22). The highest BCUT2D eigenvalue weighted by molar-refractivity contribution is 9.10. The largest absolute Gasteiger partial charge is 0.354 e. The third-order valence-electron chi connectivity index (χ3n) is 3.12. The lowest BCUT2D eigenvalue weighted by molar-refractivity contribution is 0.0951. The first-order valence-electron chi connectivity index (χ1n) is 7.30. The van der Waals surface area contributed by atoms with Crippen molar-refractivity contribution in [3.8, 4) is 0 Å². The van der Waals surface area contributed by atoms with Crippen LogP contribution in [0.5, 0.6) is 0 Å². The van der Waals surface area contributed by atoms with Gasteiger partial charge in [-0.1, -0.05) is 35.8 Å². The third-order valence-corrected chi connectivity index (χ3v) is 3.61. The normalized spacial score (nSPS) is 10.5. The molecule has 0 saturated heterocycles. The lowest BCUT2D eigenvalue weighted by Gasteiger charge is -2.09. The van der Waals surface area contributed by atoms with Crippen molar-refractivity contribution in [3.05, 3.63) is 52.8 Å². The molecule has 0 fully saturated rings. The van der Waals surface area contributed by atoms with Gasteiger partial charge in [0.15, 0.2) is 0 Å². The van der Waals surface area contributed by atoms with Crippen LogP contribution in [0.4, 0.5) is 11.4 Å². The van der Waals surface area contributed by atoms with Gasteiger partial charge in [0.25, 0.3) is 5.91 Å². The zero-order valence-corrected chi connectivity index (χ0v) is 14.4. The van der Waals surface area contributed by atoms with Crippen LogP contribution in [0.15, 0.2) is 47.2 Å². The summed E-state index contributed by atoms with van der Waals surface area (Å²) in [4.78, 5) is 16.2. The van der Waals surface area contributed by atoms with Crippen molar-refractivity contribution in [1.29, 1.82) is 0 Å². The van der Waals surface area contributed by atoms with Crippen molar-refractivity contribution in [2.75, 3.05) is 11.9 Å². The van der Waals surface area contributed by atoms with Crippen LogP contribution in [0.3, 0.4) is 0 Å². The Balaban J connectivity index is 2.01. The summed E-state index contributed by atoms with van der Waals surface area (Å²) in [6.07, 6.45) is 4.25. The van der Waals surface area contributed by atoms with E-state index in [1.54, 1.807) is 18.5 Å². The maximum atomic E-state index is 12.1. The van der Waals surface area contributed by atoms with Crippen molar-refractivity contribution in [2.24, 2.45) is 5.92 Å². The first-order valence-corrected chi connectivity index (χ1v) is 8.10. The fourth-order valence-corrected chi connectivity index (χ4v) is 2.34. The van der Waals surface area contributed by atoms with Gasteiger partial charge in [-0.2, -0.15) is 0 Å². The number of benzene rings is 1. The monoisotopic (exact) mass is 361 g/mol. The van der Waals surface area contributed by atoms with E-state index in [9.17, 15) is 4.79 Å². The van der Waals surface area contributed by atoms with E-state index in [-0.39, 0.29) is 5.91 Å². The molecule has 0 aliphatic rings. The summed E-state index contributed by atoms with van der Waals surface area (Å²) in [5.41, 5.74) is 2.28. The van der Waals surface area contributed by atoms with E-state index < -0.39 is 0 Å². The summed E-state index contributed by atoms with van der Waals surface area (Å²) < 4.78 is 0.994. The zero-order chi connectivity index (χ0) is 15.9. The minimum atomic E-state index is -0.0916. The average Bonchev–Trinajstić information content (AvgIpc) is 2.47. The summed E-state index contributed by atoms with van der Waals surface area (Å²) in [6.45, 7) is 4.95. The van der Waals surface area contributed by atoms with Crippen molar-refractivity contribution >= 4 is 33.2 Å². The summed E-state index contributed by atoms with van der Waals surface area (Å²) in [5, 5.41) is 6.16. The van der Waals surface area contributed by atoms with Crippen molar-refractivity contribution in [2.45, 2.75) is 20.3 Å². The molecule has 22 heavy (non-hydrogen) atoms. The predicted octanol–water partition coefficient (Wildman–Crippen LogP) is 4.36. The molecular weight excluding hydrogens is 342 g/mol. The fourth-order valence-electron chi connectivity index (χ4n) is 1.94. The second-order valence-corrected chi connectivity index (χ2v) is 6.45. The average molecular weight is 362 g/mol. The Morgan fingerprint density at radius 3 is 2.77 bits per heavy atom. The molecule has 1 heterocycles. The molecule has 2 N–H and O–H groups in total. The maximum Gasteiger partial charge on any atom is 0.252 e. The first kappa shape index (κ1) is 16.5. The van der Waals surface area contributed by atoms with E-state index in [0.717, 1.165) is 22.3 Å². The van der Waals surface area contributed by atoms with Gasteiger partial charge in [0.1, 0.15) is 0 Å². The summed E-state index contributed by atoms with van der Waals surface area (Å²) >= 11 is 3.43. The quantitative estimate of drug-likeness (QED) is 0.803. The van der Waals surface area contributed by atoms with Crippen LogP contribution in [0.25, 0.3) is 0 Å². The van der Waals surface area contributed by atoms with Gasteiger partial charge in [0.2, 0.25) is 0 Å². The molecular formula is C17H20BrN3O. The topological polar surface area (TPSA) is 54.0 Å². The number of anilines is 2. The van der Waals surface area contributed by atoms with E-state index in [1.807, 2.05) is 24.3 Å². The summed E-state index contributed by atoms with van der Waals surface area (Å²) in [5.74, 6) is 0.481. The van der Waals surface area contributed by atoms with Crippen LogP contribution in [-0.4, -0.2) is 17.4 Å². The number of pyridine rings is 1. The summed E-state index contributed by atoms with van der Waals surface area (Å²) in [7, 11) is 0. The molecule has 1 aromatic carbocycles. The highest BCUT2D eigenvalue weighted by Crippen LogP contribution is 2.20. The van der Waals surface area contributed by atoms with Gasteiger partial charge >= 0.3 is 0 Å². The van der Waals surface area contributed by atoms with Gasteiger partial charge in [-0.05, 0) is 36.6 Å². The van der Waals surface area contributed by atoms with Crippen LogP contribution in [0.2, 0.25) is 0 Å². The molecule has 116 valence electrons. The number of hydrogen-bond donors (Lipinski definition) is 2. The zero-order valence-electron chi connectivity index (χ0n) is 12.8. The number of carbonyl (C=O) groups excluding carboxylic acids is 1. The SMILES string of the molecule is CC(C)CCNC(=O)c1cncc(Nc2cccc(Br)c2)c1. The smallest absolute Gasteiger partial charge is 0.252 e. The third kappa shape index (κ3) is 5.15. The van der Waals surface area contributed by atoms with Crippen molar-refractivity contribution in [3.63, 3.8) is 0 Å². The molecule has 0 bridgehead atoms. The minimum absolute atomic E-state index is 0.0916. The van der Waals surface area contributed by atoms with Gasteiger partial charge in [0, 0.05) is 22.9 Å². The van der Waals surface area contributed by atoms with Crippen molar-refractivity contribution in [1.82, 2.24) is 10.3 Å². The van der Waals surface area contributed by atoms with Gasteiger partial charge < -0.3 is 10.6 Å². The predicted molar refractivity (Wildman–Crippen MR) is 93.4 cm³/mol. The molecule has 0 aliphatic carbocycles. The first-order chi connectivity index (χ1) is 10.5. The van der Waals surface area contributed by atoms with Gasteiger partial charge in [0.05, 0.1) is 17.4 Å². The maximum absolute atomic E-state index is 12.1. The molecule has 2 rings (SSSR count). The van der Waals surface area contributed by atoms with Crippen LogP contribution in [0.1, 0.15) is 30.6 Å². The number of nitrogens with one attached hydrogen (secondary N) is 2. The number of halogens is 1. The molecule has 0 saturated carbocycles. The number of amides is 1. The van der Waals surface area contributed by atoms with Crippen LogP contribution < -0.4 is 10.6 Å². The number of hydrogen-bond acceptors (Lipinski definition) is 3. The van der Waals surface area contributed by atoms with E-state index in [1.165, 1.54) is 0 Å². The highest BCUT2D eigenvalue weighted by atomic mass is 79.9. The molecule has 4 nitrogen and oxygen atoms in total. The molecule has 2 aromatic rings. The highest BCUT2D eigenvalue weighted by Gasteiger charge is 2.07. The van der Waals surface area contributed by atoms with Crippen LogP contribution in [0, 0.1) is 5.92 Å². The second kappa shape index (κ2) is 7.94. The Hall–Kier alpha value is -1.88. The Labute approximate surface area is 139 Å². The lowest BCUT2D eigenvalue weighted by Crippen LogP contribution is -2.25. The van der Waals surface area contributed by atoms with Crippen LogP contribution >= 0.6 is 15.9 Å². The number of nitrogens with zero attached hydrogens (tertiary/aromatic N) is 1. The fraction of sp³-hybridized carbons (Fsp3) is 0.294. The Morgan fingerprint density at radius 2 is 2.05 bits per heavy atom. The summed E-state index contributed by atoms with van der Waals surface area (Å²) in [6, 6.07) is 9.64. The Morgan fingerprint density at radius 1 is 1.23 bits per heavy atom. The molecule has 0 radical (unpaired) electrons. The van der Waals surface area contributed by atoms with E-state index in [4.69, 9.17) is 0 Å². The van der Waals surface area contributed by atoms with E-state index >= 15 is 0 Å². The molecule has 0 aliphatic heterocycles. The molecule has 0 spiro atoms. The van der Waals surface area contributed by atoms with Gasteiger partial charge in [-0.25, -0.2) is 0 Å². The Bertz CT molecular complexity index is 643. The molecule has 1 aromatic heterocycles. The number of carbonyl (C=O) groups is 1. The van der Waals surface area contributed by atoms with Gasteiger partial charge in [-0.15, -0.1) is 0 Å². The van der Waals surface area contributed by atoms with E-state index in [0.29, 0.717) is 18.0 Å². The molecule has 1 amide bonds. The van der Waals surface area contributed by atoms with Gasteiger partial charge in [-0.3, -0.25) is 9.78 Å². The van der Waals surface area contributed by atoms with E-state index in [2.05, 4.69) is 45.4 Å².